The molecule has 0 spiro atoms. The molecule has 1 fully saturated rings. The monoisotopic (exact) mass is 219 g/mol. The topological polar surface area (TPSA) is 68.0 Å². The summed E-state index contributed by atoms with van der Waals surface area (Å²) in [5.74, 6) is 0.818. The van der Waals surface area contributed by atoms with E-state index in [1.807, 2.05) is 0 Å². The zero-order valence-electron chi connectivity index (χ0n) is 9.66. The number of aromatic nitrogens is 1. The van der Waals surface area contributed by atoms with Crippen LogP contribution in [-0.2, 0) is 0 Å². The number of nitrogen functional groups attached to an aromatic ring is 1. The second-order valence-electron chi connectivity index (χ2n) is 4.90. The summed E-state index contributed by atoms with van der Waals surface area (Å²) in [5.41, 5.74) is 5.77. The molecule has 0 radical (unpaired) electrons. The van der Waals surface area contributed by atoms with Crippen molar-refractivity contribution in [2.75, 3.05) is 5.73 Å². The molecule has 0 saturated heterocycles. The second kappa shape index (κ2) is 3.77. The Morgan fingerprint density at radius 2 is 2.19 bits per heavy atom. The minimum Gasteiger partial charge on any atom is -0.384 e. The molecule has 1 saturated carbocycles. The first-order valence-corrected chi connectivity index (χ1v) is 5.54. The number of nitrogens with zero attached hydrogens (tertiary/aromatic N) is 1. The molecule has 2 rings (SSSR count). The van der Waals surface area contributed by atoms with Gasteiger partial charge in [-0.2, -0.15) is 0 Å². The molecule has 1 aromatic rings. The molecule has 3 N–H and O–H groups in total. The van der Waals surface area contributed by atoms with Crippen LogP contribution in [0.5, 0.6) is 0 Å². The lowest BCUT2D eigenvalue weighted by molar-refractivity contribution is 0.0898. The fourth-order valence-electron chi connectivity index (χ4n) is 1.84. The Labute approximate surface area is 95.3 Å². The summed E-state index contributed by atoms with van der Waals surface area (Å²) in [6.45, 7) is 4.10. The molecular weight excluding hydrogens is 202 g/mol. The number of nitrogens with two attached hydrogens (primary N) is 1. The van der Waals surface area contributed by atoms with Crippen LogP contribution in [0.25, 0.3) is 0 Å². The molecule has 1 aromatic heterocycles. The Morgan fingerprint density at radius 1 is 1.50 bits per heavy atom. The fraction of sp³-hybridized carbons (Fsp3) is 0.500. The SMILES string of the molecule is CC(C)(NC(=O)c1cccc(N)n1)C1CC1. The number of amides is 1. The van der Waals surface area contributed by atoms with E-state index in [1.54, 1.807) is 18.2 Å². The van der Waals surface area contributed by atoms with E-state index in [2.05, 4.69) is 24.1 Å². The zero-order chi connectivity index (χ0) is 11.8. The summed E-state index contributed by atoms with van der Waals surface area (Å²) in [5, 5.41) is 3.00. The summed E-state index contributed by atoms with van der Waals surface area (Å²) in [6, 6.07) is 5.08. The fourth-order valence-corrected chi connectivity index (χ4v) is 1.84. The van der Waals surface area contributed by atoms with E-state index in [4.69, 9.17) is 5.73 Å². The van der Waals surface area contributed by atoms with E-state index in [9.17, 15) is 4.79 Å². The smallest absolute Gasteiger partial charge is 0.270 e. The summed E-state index contributed by atoms with van der Waals surface area (Å²) in [4.78, 5) is 15.9. The van der Waals surface area contributed by atoms with Gasteiger partial charge >= 0.3 is 0 Å². The molecule has 0 aromatic carbocycles. The number of pyridine rings is 1. The van der Waals surface area contributed by atoms with Gasteiger partial charge in [-0.25, -0.2) is 4.98 Å². The third-order valence-electron chi connectivity index (χ3n) is 3.04. The lowest BCUT2D eigenvalue weighted by atomic mass is 9.98. The van der Waals surface area contributed by atoms with Crippen molar-refractivity contribution >= 4 is 11.7 Å². The number of carbonyl (C=O) groups excluding carboxylic acids is 1. The Morgan fingerprint density at radius 3 is 2.75 bits per heavy atom. The second-order valence-corrected chi connectivity index (χ2v) is 4.90. The van der Waals surface area contributed by atoms with Crippen LogP contribution in [0.3, 0.4) is 0 Å². The summed E-state index contributed by atoms with van der Waals surface area (Å²) >= 11 is 0. The van der Waals surface area contributed by atoms with E-state index in [-0.39, 0.29) is 11.4 Å². The highest BCUT2D eigenvalue weighted by molar-refractivity contribution is 5.93. The van der Waals surface area contributed by atoms with E-state index < -0.39 is 0 Å². The number of hydrogen-bond donors (Lipinski definition) is 2. The van der Waals surface area contributed by atoms with Crippen molar-refractivity contribution in [3.8, 4) is 0 Å². The van der Waals surface area contributed by atoms with Gasteiger partial charge in [0.25, 0.3) is 5.91 Å². The van der Waals surface area contributed by atoms with Crippen molar-refractivity contribution < 1.29 is 4.79 Å². The van der Waals surface area contributed by atoms with Crippen molar-refractivity contribution in [2.45, 2.75) is 32.2 Å². The van der Waals surface area contributed by atoms with Crippen molar-refractivity contribution in [1.29, 1.82) is 0 Å². The molecular formula is C12H17N3O. The predicted molar refractivity (Wildman–Crippen MR) is 62.9 cm³/mol. The summed E-state index contributed by atoms with van der Waals surface area (Å²) in [6.07, 6.45) is 2.38. The van der Waals surface area contributed by atoms with Gasteiger partial charge in [0, 0.05) is 5.54 Å². The third-order valence-corrected chi connectivity index (χ3v) is 3.04. The van der Waals surface area contributed by atoms with Crippen LogP contribution in [0.4, 0.5) is 5.82 Å². The molecule has 0 atom stereocenters. The molecule has 4 nitrogen and oxygen atoms in total. The first kappa shape index (κ1) is 10.9. The van der Waals surface area contributed by atoms with Gasteiger partial charge in [-0.05, 0) is 44.7 Å². The minimum absolute atomic E-state index is 0.149. The molecule has 1 amide bonds. The first-order chi connectivity index (χ1) is 7.49. The van der Waals surface area contributed by atoms with Gasteiger partial charge < -0.3 is 11.1 Å². The van der Waals surface area contributed by atoms with Gasteiger partial charge in [0.2, 0.25) is 0 Å². The lowest BCUT2D eigenvalue weighted by Crippen LogP contribution is -2.45. The maximum atomic E-state index is 11.9. The highest BCUT2D eigenvalue weighted by atomic mass is 16.2. The number of carbonyl (C=O) groups is 1. The molecule has 4 heteroatoms. The minimum atomic E-state index is -0.149. The molecule has 86 valence electrons. The first-order valence-electron chi connectivity index (χ1n) is 5.54. The molecule has 1 heterocycles. The zero-order valence-corrected chi connectivity index (χ0v) is 9.66. The molecule has 0 bridgehead atoms. The average Bonchev–Trinajstić information content (AvgIpc) is 3.00. The Balaban J connectivity index is 2.08. The maximum absolute atomic E-state index is 11.9. The van der Waals surface area contributed by atoms with Crippen molar-refractivity contribution in [1.82, 2.24) is 10.3 Å². The van der Waals surface area contributed by atoms with E-state index in [0.717, 1.165) is 0 Å². The summed E-state index contributed by atoms with van der Waals surface area (Å²) in [7, 11) is 0. The highest BCUT2D eigenvalue weighted by Crippen LogP contribution is 2.39. The number of hydrogen-bond acceptors (Lipinski definition) is 3. The van der Waals surface area contributed by atoms with Gasteiger partial charge in [0.15, 0.2) is 0 Å². The standard InChI is InChI=1S/C12H17N3O/c1-12(2,8-6-7-8)15-11(16)9-4-3-5-10(13)14-9/h3-5,8H,6-7H2,1-2H3,(H2,13,14)(H,15,16). The van der Waals surface area contributed by atoms with Gasteiger partial charge in [0.05, 0.1) is 0 Å². The molecule has 0 aliphatic heterocycles. The number of nitrogens with one attached hydrogen (secondary N) is 1. The van der Waals surface area contributed by atoms with Crippen LogP contribution in [0, 0.1) is 5.92 Å². The van der Waals surface area contributed by atoms with E-state index in [1.165, 1.54) is 12.8 Å². The van der Waals surface area contributed by atoms with Gasteiger partial charge in [-0.3, -0.25) is 4.79 Å². The van der Waals surface area contributed by atoms with Gasteiger partial charge in [0.1, 0.15) is 11.5 Å². The molecule has 1 aliphatic rings. The largest absolute Gasteiger partial charge is 0.384 e. The van der Waals surface area contributed by atoms with Crippen LogP contribution in [0.1, 0.15) is 37.2 Å². The van der Waals surface area contributed by atoms with Crippen molar-refractivity contribution in [2.24, 2.45) is 5.92 Å². The quantitative estimate of drug-likeness (QED) is 0.811. The summed E-state index contributed by atoms with van der Waals surface area (Å²) < 4.78 is 0. The van der Waals surface area contributed by atoms with Crippen molar-refractivity contribution in [3.05, 3.63) is 23.9 Å². The lowest BCUT2D eigenvalue weighted by Gasteiger charge is -2.25. The highest BCUT2D eigenvalue weighted by Gasteiger charge is 2.38. The van der Waals surface area contributed by atoms with Crippen LogP contribution in [-0.4, -0.2) is 16.4 Å². The van der Waals surface area contributed by atoms with Gasteiger partial charge in [-0.1, -0.05) is 6.07 Å². The molecule has 0 unspecified atom stereocenters. The molecule has 1 aliphatic carbocycles. The Hall–Kier alpha value is -1.58. The maximum Gasteiger partial charge on any atom is 0.270 e. The van der Waals surface area contributed by atoms with Crippen LogP contribution in [0.15, 0.2) is 18.2 Å². The average molecular weight is 219 g/mol. The van der Waals surface area contributed by atoms with Gasteiger partial charge in [-0.15, -0.1) is 0 Å². The molecule has 16 heavy (non-hydrogen) atoms. The number of rotatable bonds is 3. The number of anilines is 1. The normalized spacial score (nSPS) is 15.9. The van der Waals surface area contributed by atoms with Crippen molar-refractivity contribution in [3.63, 3.8) is 0 Å². The van der Waals surface area contributed by atoms with Crippen LogP contribution >= 0.6 is 0 Å². The van der Waals surface area contributed by atoms with Crippen LogP contribution in [0.2, 0.25) is 0 Å². The van der Waals surface area contributed by atoms with Crippen LogP contribution < -0.4 is 11.1 Å². The Bertz CT molecular complexity index is 410. The third kappa shape index (κ3) is 2.32. The van der Waals surface area contributed by atoms with E-state index in [0.29, 0.717) is 17.4 Å². The Kier molecular flexibility index (Phi) is 2.58. The predicted octanol–water partition coefficient (Wildman–Crippen LogP) is 1.58. The van der Waals surface area contributed by atoms with E-state index >= 15 is 0 Å².